The molecule has 1 atom stereocenters. The Labute approximate surface area is 190 Å². The van der Waals surface area contributed by atoms with E-state index < -0.39 is 12.1 Å². The Morgan fingerprint density at radius 2 is 2.00 bits per heavy atom. The molecule has 33 heavy (non-hydrogen) atoms. The van der Waals surface area contributed by atoms with Crippen LogP contribution in [0.25, 0.3) is 11.3 Å². The third kappa shape index (κ3) is 6.01. The highest BCUT2D eigenvalue weighted by atomic mass is 16.5. The highest BCUT2D eigenvalue weighted by molar-refractivity contribution is 6.00. The second kappa shape index (κ2) is 10.5. The number of aromatic nitrogens is 1. The lowest BCUT2D eigenvalue weighted by Crippen LogP contribution is -2.35. The number of benzene rings is 2. The normalized spacial score (nSPS) is 15.0. The van der Waals surface area contributed by atoms with Gasteiger partial charge in [-0.25, -0.2) is 14.6 Å². The number of oxazole rings is 1. The van der Waals surface area contributed by atoms with Crippen LogP contribution in [0.3, 0.4) is 0 Å². The van der Waals surface area contributed by atoms with Crippen molar-refractivity contribution in [1.82, 2.24) is 10.3 Å². The Morgan fingerprint density at radius 1 is 1.15 bits per heavy atom. The van der Waals surface area contributed by atoms with Gasteiger partial charge in [0.05, 0.1) is 31.5 Å². The molecule has 10 nitrogen and oxygen atoms in total. The topological polar surface area (TPSA) is 124 Å². The molecule has 1 aliphatic rings. The van der Waals surface area contributed by atoms with Crippen molar-refractivity contribution in [3.05, 3.63) is 60.6 Å². The molecular weight excluding hydrogens is 428 g/mol. The van der Waals surface area contributed by atoms with Gasteiger partial charge in [0.25, 0.3) is 0 Å². The quantitative estimate of drug-likeness (QED) is 0.495. The fourth-order valence-corrected chi connectivity index (χ4v) is 3.36. The predicted octanol–water partition coefficient (Wildman–Crippen LogP) is 4.01. The minimum atomic E-state index is -0.496. The molecule has 4 rings (SSSR count). The molecule has 2 heterocycles. The summed E-state index contributed by atoms with van der Waals surface area (Å²) in [4.78, 5) is 28.3. The van der Waals surface area contributed by atoms with Crippen LogP contribution in [0, 0.1) is 0 Å². The summed E-state index contributed by atoms with van der Waals surface area (Å²) in [6.07, 6.45) is 3.20. The van der Waals surface area contributed by atoms with Crippen LogP contribution in [-0.2, 0) is 16.1 Å². The van der Waals surface area contributed by atoms with E-state index in [4.69, 9.17) is 18.6 Å². The zero-order chi connectivity index (χ0) is 23.0. The molecule has 0 spiro atoms. The maximum Gasteiger partial charge on any atom is 0.407 e. The predicted molar refractivity (Wildman–Crippen MR) is 120 cm³/mol. The van der Waals surface area contributed by atoms with Crippen LogP contribution in [0.4, 0.5) is 21.0 Å². The number of rotatable bonds is 7. The summed E-state index contributed by atoms with van der Waals surface area (Å²) >= 11 is 0. The number of ether oxygens (including phenoxy) is 3. The number of methoxy groups -OCH3 is 1. The van der Waals surface area contributed by atoms with Crippen molar-refractivity contribution in [2.45, 2.75) is 19.1 Å². The number of hydrogen-bond acceptors (Lipinski definition) is 7. The minimum Gasteiger partial charge on any atom is -0.496 e. The Bertz CT molecular complexity index is 1100. The second-order valence-electron chi connectivity index (χ2n) is 7.34. The SMILES string of the molecule is COc1cc(NC(=O)Nc2cccc(COC(=O)N[C@H]3CCOC3)c2)ccc1-c1cnco1. The molecule has 10 heteroatoms. The first-order valence-electron chi connectivity index (χ1n) is 10.4. The number of carbonyl (C=O) groups excluding carboxylic acids is 2. The van der Waals surface area contributed by atoms with E-state index in [0.29, 0.717) is 36.1 Å². The van der Waals surface area contributed by atoms with Crippen LogP contribution in [0.5, 0.6) is 5.75 Å². The number of carbonyl (C=O) groups is 2. The molecule has 3 amide bonds. The summed E-state index contributed by atoms with van der Waals surface area (Å²) in [6, 6.07) is 11.8. The van der Waals surface area contributed by atoms with Crippen molar-refractivity contribution in [2.24, 2.45) is 0 Å². The lowest BCUT2D eigenvalue weighted by atomic mass is 10.1. The Morgan fingerprint density at radius 3 is 2.73 bits per heavy atom. The summed E-state index contributed by atoms with van der Waals surface area (Å²) < 4.78 is 21.2. The molecule has 0 aliphatic carbocycles. The van der Waals surface area contributed by atoms with Gasteiger partial charge in [0.1, 0.15) is 12.4 Å². The molecule has 1 saturated heterocycles. The first-order chi connectivity index (χ1) is 16.1. The van der Waals surface area contributed by atoms with Crippen molar-refractivity contribution >= 4 is 23.5 Å². The zero-order valence-electron chi connectivity index (χ0n) is 18.0. The van der Waals surface area contributed by atoms with Crippen molar-refractivity contribution in [3.63, 3.8) is 0 Å². The molecular formula is C23H24N4O6. The summed E-state index contributed by atoms with van der Waals surface area (Å²) in [5.41, 5.74) is 2.56. The second-order valence-corrected chi connectivity index (χ2v) is 7.34. The fourth-order valence-electron chi connectivity index (χ4n) is 3.36. The maximum absolute atomic E-state index is 12.5. The molecule has 0 saturated carbocycles. The van der Waals surface area contributed by atoms with Gasteiger partial charge in [-0.2, -0.15) is 0 Å². The van der Waals surface area contributed by atoms with E-state index in [1.165, 1.54) is 13.5 Å². The first kappa shape index (κ1) is 22.2. The van der Waals surface area contributed by atoms with Crippen molar-refractivity contribution in [1.29, 1.82) is 0 Å². The van der Waals surface area contributed by atoms with E-state index in [1.54, 1.807) is 42.6 Å². The summed E-state index contributed by atoms with van der Waals surface area (Å²) in [5, 5.41) is 8.29. The molecule has 172 valence electrons. The Hall–Kier alpha value is -4.05. The van der Waals surface area contributed by atoms with E-state index in [9.17, 15) is 9.59 Å². The molecule has 1 aliphatic heterocycles. The van der Waals surface area contributed by atoms with Gasteiger partial charge in [-0.1, -0.05) is 12.1 Å². The molecule has 2 aromatic carbocycles. The molecule has 1 aromatic heterocycles. The lowest BCUT2D eigenvalue weighted by Gasteiger charge is -2.13. The number of amides is 3. The van der Waals surface area contributed by atoms with Gasteiger partial charge in [0.2, 0.25) is 0 Å². The van der Waals surface area contributed by atoms with Crippen LogP contribution in [0.2, 0.25) is 0 Å². The molecule has 3 N–H and O–H groups in total. The monoisotopic (exact) mass is 452 g/mol. The largest absolute Gasteiger partial charge is 0.496 e. The molecule has 3 aromatic rings. The van der Waals surface area contributed by atoms with Gasteiger partial charge < -0.3 is 34.6 Å². The van der Waals surface area contributed by atoms with E-state index in [2.05, 4.69) is 20.9 Å². The highest BCUT2D eigenvalue weighted by Crippen LogP contribution is 2.32. The van der Waals surface area contributed by atoms with Gasteiger partial charge in [0, 0.05) is 24.0 Å². The molecule has 0 unspecified atom stereocenters. The van der Waals surface area contributed by atoms with Crippen LogP contribution in [-0.4, -0.2) is 43.5 Å². The first-order valence-corrected chi connectivity index (χ1v) is 10.4. The Balaban J connectivity index is 1.31. The van der Waals surface area contributed by atoms with Crippen molar-refractivity contribution in [2.75, 3.05) is 31.0 Å². The number of urea groups is 1. The average Bonchev–Trinajstić information content (AvgIpc) is 3.52. The van der Waals surface area contributed by atoms with Crippen LogP contribution < -0.4 is 20.7 Å². The summed E-state index contributed by atoms with van der Waals surface area (Å²) in [7, 11) is 1.54. The lowest BCUT2D eigenvalue weighted by molar-refractivity contribution is 0.132. The number of hydrogen-bond donors (Lipinski definition) is 3. The number of alkyl carbamates (subject to hydrolysis) is 1. The van der Waals surface area contributed by atoms with Crippen molar-refractivity contribution < 1.29 is 28.2 Å². The van der Waals surface area contributed by atoms with Gasteiger partial charge in [0.15, 0.2) is 12.2 Å². The number of anilines is 2. The van der Waals surface area contributed by atoms with Crippen LogP contribution >= 0.6 is 0 Å². The van der Waals surface area contributed by atoms with Crippen LogP contribution in [0.15, 0.2) is 59.5 Å². The van der Waals surface area contributed by atoms with Crippen molar-refractivity contribution in [3.8, 4) is 17.1 Å². The minimum absolute atomic E-state index is 0.0161. The number of nitrogens with zero attached hydrogens (tertiary/aromatic N) is 1. The van der Waals surface area contributed by atoms with Gasteiger partial charge in [-0.3, -0.25) is 0 Å². The van der Waals surface area contributed by atoms with Gasteiger partial charge in [-0.15, -0.1) is 0 Å². The highest BCUT2D eigenvalue weighted by Gasteiger charge is 2.18. The summed E-state index contributed by atoms with van der Waals surface area (Å²) in [5.74, 6) is 1.10. The average molecular weight is 452 g/mol. The maximum atomic E-state index is 12.5. The van der Waals surface area contributed by atoms with E-state index >= 15 is 0 Å². The zero-order valence-corrected chi connectivity index (χ0v) is 18.0. The molecule has 0 bridgehead atoms. The molecule has 0 radical (unpaired) electrons. The summed E-state index contributed by atoms with van der Waals surface area (Å²) in [6.45, 7) is 1.22. The molecule has 1 fully saturated rings. The third-order valence-corrected chi connectivity index (χ3v) is 4.96. The van der Waals surface area contributed by atoms with Gasteiger partial charge >= 0.3 is 12.1 Å². The van der Waals surface area contributed by atoms with E-state index in [1.807, 2.05) is 6.07 Å². The number of nitrogens with one attached hydrogen (secondary N) is 3. The Kier molecular flexibility index (Phi) is 7.06. The fraction of sp³-hybridized carbons (Fsp3) is 0.261. The van der Waals surface area contributed by atoms with E-state index in [0.717, 1.165) is 17.5 Å². The smallest absolute Gasteiger partial charge is 0.407 e. The van der Waals surface area contributed by atoms with E-state index in [-0.39, 0.29) is 12.6 Å². The standard InChI is InChI=1S/C23H24N4O6/c1-30-20-10-17(5-6-19(20)21-11-24-14-33-21)26-22(28)25-16-4-2-3-15(9-16)12-32-23(29)27-18-7-8-31-13-18/h2-6,9-11,14,18H,7-8,12-13H2,1H3,(H,27,29)(H2,25,26,28)/t18-/m0/s1. The van der Waals surface area contributed by atoms with Gasteiger partial charge in [-0.05, 0) is 36.2 Å². The van der Waals surface area contributed by atoms with Crippen LogP contribution in [0.1, 0.15) is 12.0 Å². The third-order valence-electron chi connectivity index (χ3n) is 4.96.